The predicted molar refractivity (Wildman–Crippen MR) is 64.9 cm³/mol. The van der Waals surface area contributed by atoms with Gasteiger partial charge in [0.05, 0.1) is 0 Å². The molecule has 2 unspecified atom stereocenters. The Bertz CT molecular complexity index is 248. The summed E-state index contributed by atoms with van der Waals surface area (Å²) in [6.07, 6.45) is 0. The van der Waals surface area contributed by atoms with Gasteiger partial charge in [-0.3, -0.25) is 0 Å². The fourth-order valence-corrected chi connectivity index (χ4v) is 2.35. The van der Waals surface area contributed by atoms with Crippen molar-refractivity contribution in [2.45, 2.75) is 37.0 Å². The van der Waals surface area contributed by atoms with E-state index in [1.807, 2.05) is 11.8 Å². The summed E-state index contributed by atoms with van der Waals surface area (Å²) in [4.78, 5) is 1.35. The van der Waals surface area contributed by atoms with Crippen molar-refractivity contribution >= 4 is 11.8 Å². The van der Waals surface area contributed by atoms with Gasteiger partial charge in [-0.1, -0.05) is 32.0 Å². The number of rotatable bonds is 5. The molecule has 1 rings (SSSR count). The zero-order valence-electron chi connectivity index (χ0n) is 9.16. The molecule has 1 N–H and O–H groups in total. The fourth-order valence-electron chi connectivity index (χ4n) is 1.30. The zero-order chi connectivity index (χ0) is 10.4. The van der Waals surface area contributed by atoms with E-state index in [1.54, 1.807) is 0 Å². The maximum Gasteiger partial charge on any atom is 0.0217 e. The molecule has 0 aliphatic carbocycles. The lowest BCUT2D eigenvalue weighted by Crippen LogP contribution is -2.33. The smallest absolute Gasteiger partial charge is 0.0217 e. The second kappa shape index (κ2) is 6.10. The topological polar surface area (TPSA) is 12.0 Å². The highest BCUT2D eigenvalue weighted by atomic mass is 32.2. The van der Waals surface area contributed by atoms with Crippen molar-refractivity contribution in [1.82, 2.24) is 5.32 Å². The molecule has 1 aromatic carbocycles. The van der Waals surface area contributed by atoms with Crippen LogP contribution in [0.15, 0.2) is 35.2 Å². The highest BCUT2D eigenvalue weighted by Gasteiger charge is 2.11. The molecule has 2 atom stereocenters. The van der Waals surface area contributed by atoms with Crippen molar-refractivity contribution in [2.24, 2.45) is 0 Å². The molecule has 0 spiro atoms. The fraction of sp³-hybridized carbons (Fsp3) is 0.500. The minimum atomic E-state index is 0.560. The van der Waals surface area contributed by atoms with Gasteiger partial charge in [0.15, 0.2) is 0 Å². The lowest BCUT2D eigenvalue weighted by molar-refractivity contribution is 0.563. The van der Waals surface area contributed by atoms with Gasteiger partial charge in [0.2, 0.25) is 0 Å². The third-order valence-corrected chi connectivity index (χ3v) is 3.62. The molecule has 0 heterocycles. The van der Waals surface area contributed by atoms with E-state index in [0.29, 0.717) is 11.3 Å². The highest BCUT2D eigenvalue weighted by Crippen LogP contribution is 2.24. The quantitative estimate of drug-likeness (QED) is 0.748. The van der Waals surface area contributed by atoms with E-state index in [1.165, 1.54) is 4.90 Å². The molecule has 14 heavy (non-hydrogen) atoms. The molecule has 0 radical (unpaired) electrons. The number of hydrogen-bond acceptors (Lipinski definition) is 2. The van der Waals surface area contributed by atoms with Crippen LogP contribution in [0.25, 0.3) is 0 Å². The van der Waals surface area contributed by atoms with E-state index < -0.39 is 0 Å². The van der Waals surface area contributed by atoms with Crippen LogP contribution < -0.4 is 5.32 Å². The van der Waals surface area contributed by atoms with Crippen molar-refractivity contribution < 1.29 is 0 Å². The standard InChI is InChI=1S/C12H19NS/c1-4-13-10(2)11(3)14-12-8-6-5-7-9-12/h5-11,13H,4H2,1-3H3. The molecule has 0 saturated carbocycles. The van der Waals surface area contributed by atoms with Gasteiger partial charge >= 0.3 is 0 Å². The summed E-state index contributed by atoms with van der Waals surface area (Å²) < 4.78 is 0. The monoisotopic (exact) mass is 209 g/mol. The first kappa shape index (κ1) is 11.6. The number of thioether (sulfide) groups is 1. The lowest BCUT2D eigenvalue weighted by Gasteiger charge is -2.19. The van der Waals surface area contributed by atoms with Crippen LogP contribution >= 0.6 is 11.8 Å². The Morgan fingerprint density at radius 1 is 1.21 bits per heavy atom. The van der Waals surface area contributed by atoms with E-state index in [-0.39, 0.29) is 0 Å². The molecule has 0 aromatic heterocycles. The third kappa shape index (κ3) is 3.72. The summed E-state index contributed by atoms with van der Waals surface area (Å²) in [5.41, 5.74) is 0. The average Bonchev–Trinajstić information content (AvgIpc) is 2.19. The summed E-state index contributed by atoms with van der Waals surface area (Å²) in [6, 6.07) is 11.1. The van der Waals surface area contributed by atoms with Gasteiger partial charge in [-0.25, -0.2) is 0 Å². The van der Waals surface area contributed by atoms with E-state index in [2.05, 4.69) is 56.4 Å². The maximum atomic E-state index is 3.44. The van der Waals surface area contributed by atoms with Crippen molar-refractivity contribution in [2.75, 3.05) is 6.54 Å². The Kier molecular flexibility index (Phi) is 5.05. The van der Waals surface area contributed by atoms with Crippen LogP contribution in [0.1, 0.15) is 20.8 Å². The Labute approximate surface area is 91.3 Å². The van der Waals surface area contributed by atoms with Gasteiger partial charge in [-0.2, -0.15) is 0 Å². The van der Waals surface area contributed by atoms with Crippen molar-refractivity contribution in [3.63, 3.8) is 0 Å². The van der Waals surface area contributed by atoms with Gasteiger partial charge in [-0.05, 0) is 25.6 Å². The van der Waals surface area contributed by atoms with Crippen molar-refractivity contribution in [3.8, 4) is 0 Å². The largest absolute Gasteiger partial charge is 0.313 e. The second-order valence-electron chi connectivity index (χ2n) is 3.48. The van der Waals surface area contributed by atoms with Gasteiger partial charge in [0.25, 0.3) is 0 Å². The number of benzene rings is 1. The highest BCUT2D eigenvalue weighted by molar-refractivity contribution is 8.00. The molecule has 1 aromatic rings. The number of nitrogens with one attached hydrogen (secondary N) is 1. The van der Waals surface area contributed by atoms with E-state index in [0.717, 1.165) is 6.54 Å². The second-order valence-corrected chi connectivity index (χ2v) is 4.93. The molecule has 2 heteroatoms. The Morgan fingerprint density at radius 3 is 2.43 bits per heavy atom. The summed E-state index contributed by atoms with van der Waals surface area (Å²) in [5.74, 6) is 0. The molecule has 0 saturated heterocycles. The van der Waals surface area contributed by atoms with E-state index in [4.69, 9.17) is 0 Å². The molecular formula is C12H19NS. The Hall–Kier alpha value is -0.470. The van der Waals surface area contributed by atoms with Crippen LogP contribution in [-0.4, -0.2) is 17.8 Å². The molecule has 1 nitrogen and oxygen atoms in total. The summed E-state index contributed by atoms with van der Waals surface area (Å²) >= 11 is 1.93. The first-order valence-corrected chi connectivity index (χ1v) is 6.07. The minimum Gasteiger partial charge on any atom is -0.313 e. The van der Waals surface area contributed by atoms with Gasteiger partial charge in [0, 0.05) is 16.2 Å². The van der Waals surface area contributed by atoms with Crippen molar-refractivity contribution in [3.05, 3.63) is 30.3 Å². The van der Waals surface area contributed by atoms with E-state index in [9.17, 15) is 0 Å². The molecule has 78 valence electrons. The van der Waals surface area contributed by atoms with Gasteiger partial charge < -0.3 is 5.32 Å². The van der Waals surface area contributed by atoms with Crippen LogP contribution in [0.2, 0.25) is 0 Å². The molecule has 0 aliphatic heterocycles. The molecule has 0 amide bonds. The van der Waals surface area contributed by atoms with Crippen molar-refractivity contribution in [1.29, 1.82) is 0 Å². The normalized spacial score (nSPS) is 15.1. The molecule has 0 aliphatic rings. The Morgan fingerprint density at radius 2 is 1.86 bits per heavy atom. The van der Waals surface area contributed by atoms with Crippen LogP contribution in [0.4, 0.5) is 0 Å². The lowest BCUT2D eigenvalue weighted by atomic mass is 10.2. The maximum absolute atomic E-state index is 3.44. The third-order valence-electron chi connectivity index (χ3n) is 2.30. The summed E-state index contributed by atoms with van der Waals surface area (Å²) in [6.45, 7) is 7.70. The van der Waals surface area contributed by atoms with Crippen LogP contribution in [-0.2, 0) is 0 Å². The zero-order valence-corrected chi connectivity index (χ0v) is 9.97. The summed E-state index contributed by atoms with van der Waals surface area (Å²) in [5, 5.41) is 4.05. The van der Waals surface area contributed by atoms with Crippen LogP contribution in [0.3, 0.4) is 0 Å². The first-order chi connectivity index (χ1) is 6.74. The first-order valence-electron chi connectivity index (χ1n) is 5.19. The number of hydrogen-bond donors (Lipinski definition) is 1. The van der Waals surface area contributed by atoms with Crippen LogP contribution in [0, 0.1) is 0 Å². The van der Waals surface area contributed by atoms with Crippen LogP contribution in [0.5, 0.6) is 0 Å². The molecule has 0 fully saturated rings. The van der Waals surface area contributed by atoms with Gasteiger partial charge in [0.1, 0.15) is 0 Å². The predicted octanol–water partition coefficient (Wildman–Crippen LogP) is 3.17. The average molecular weight is 209 g/mol. The summed E-state index contributed by atoms with van der Waals surface area (Å²) in [7, 11) is 0. The minimum absolute atomic E-state index is 0.560. The Balaban J connectivity index is 2.44. The molecular weight excluding hydrogens is 190 g/mol. The SMILES string of the molecule is CCNC(C)C(C)Sc1ccccc1. The van der Waals surface area contributed by atoms with Gasteiger partial charge in [-0.15, -0.1) is 11.8 Å². The molecule has 0 bridgehead atoms. The van der Waals surface area contributed by atoms with E-state index >= 15 is 0 Å².